The van der Waals surface area contributed by atoms with Crippen LogP contribution in [0.4, 0.5) is 4.79 Å². The number of carbonyl (C=O) groups is 3. The van der Waals surface area contributed by atoms with E-state index in [0.29, 0.717) is 0 Å². The maximum absolute atomic E-state index is 11.6. The molecule has 1 heterocycles. The van der Waals surface area contributed by atoms with E-state index < -0.39 is 24.0 Å². The number of fused-ring (bicyclic) bond motifs is 1. The zero-order valence-electron chi connectivity index (χ0n) is 13.2. The van der Waals surface area contributed by atoms with Crippen molar-refractivity contribution in [3.05, 3.63) is 29.3 Å². The lowest BCUT2D eigenvalue weighted by Gasteiger charge is -2.12. The number of benzene rings is 1. The summed E-state index contributed by atoms with van der Waals surface area (Å²) in [5, 5.41) is 4.99. The number of thiazole rings is 1. The van der Waals surface area contributed by atoms with E-state index >= 15 is 0 Å². The monoisotopic (exact) mass is 351 g/mol. The highest BCUT2D eigenvalue weighted by molar-refractivity contribution is 7.18. The molecular weight excluding hydrogens is 334 g/mol. The zero-order valence-corrected chi connectivity index (χ0v) is 14.0. The number of rotatable bonds is 6. The van der Waals surface area contributed by atoms with Crippen LogP contribution < -0.4 is 10.6 Å². The van der Waals surface area contributed by atoms with Gasteiger partial charge in [0, 0.05) is 7.05 Å². The Balaban J connectivity index is 1.74. The maximum Gasteiger partial charge on any atom is 0.332 e. The second-order valence-corrected chi connectivity index (χ2v) is 5.88. The first-order chi connectivity index (χ1) is 11.5. The Morgan fingerprint density at radius 1 is 1.29 bits per heavy atom. The van der Waals surface area contributed by atoms with Crippen LogP contribution in [0.2, 0.25) is 0 Å². The number of aromatic nitrogens is 1. The van der Waals surface area contributed by atoms with E-state index in [4.69, 9.17) is 9.47 Å². The molecule has 0 unspecified atom stereocenters. The van der Waals surface area contributed by atoms with E-state index in [0.717, 1.165) is 15.2 Å². The smallest absolute Gasteiger partial charge is 0.332 e. The molecule has 0 aliphatic rings. The van der Waals surface area contributed by atoms with Crippen LogP contribution in [-0.4, -0.2) is 42.7 Å². The Bertz CT molecular complexity index is 713. The lowest BCUT2D eigenvalue weighted by Crippen LogP contribution is -2.43. The first-order valence-corrected chi connectivity index (χ1v) is 7.95. The van der Waals surface area contributed by atoms with Crippen LogP contribution in [0.3, 0.4) is 0 Å². The molecule has 9 heteroatoms. The van der Waals surface area contributed by atoms with Gasteiger partial charge in [0.15, 0.2) is 6.10 Å². The van der Waals surface area contributed by atoms with E-state index in [1.807, 2.05) is 29.6 Å². The summed E-state index contributed by atoms with van der Waals surface area (Å²) in [5.74, 6) is -1.41. The van der Waals surface area contributed by atoms with Crippen molar-refractivity contribution in [3.63, 3.8) is 0 Å². The predicted octanol–water partition coefficient (Wildman–Crippen LogP) is 1.20. The van der Waals surface area contributed by atoms with Crippen LogP contribution in [0.15, 0.2) is 24.3 Å². The Kier molecular flexibility index (Phi) is 6.21. The fraction of sp³-hybridized carbons (Fsp3) is 0.333. The molecular formula is C15H17N3O5S. The van der Waals surface area contributed by atoms with Crippen molar-refractivity contribution in [2.45, 2.75) is 19.6 Å². The number of ether oxygens (including phenoxy) is 2. The number of hydrogen-bond donors (Lipinski definition) is 2. The zero-order chi connectivity index (χ0) is 17.5. The molecule has 1 aromatic heterocycles. The van der Waals surface area contributed by atoms with Gasteiger partial charge in [0.2, 0.25) is 0 Å². The average molecular weight is 351 g/mol. The predicted molar refractivity (Wildman–Crippen MR) is 87.4 cm³/mol. The lowest BCUT2D eigenvalue weighted by molar-refractivity contribution is -0.159. The molecule has 1 aromatic carbocycles. The van der Waals surface area contributed by atoms with Gasteiger partial charge < -0.3 is 14.8 Å². The minimum Gasteiger partial charge on any atom is -0.451 e. The quantitative estimate of drug-likeness (QED) is 0.758. The average Bonchev–Trinajstić information content (AvgIpc) is 2.97. The fourth-order valence-electron chi connectivity index (χ4n) is 1.76. The minimum atomic E-state index is -1.10. The third-order valence-electron chi connectivity index (χ3n) is 2.92. The van der Waals surface area contributed by atoms with E-state index in [9.17, 15) is 14.4 Å². The third-order valence-corrected chi connectivity index (χ3v) is 3.93. The summed E-state index contributed by atoms with van der Waals surface area (Å²) in [6.45, 7) is 1.23. The van der Waals surface area contributed by atoms with E-state index in [1.54, 1.807) is 0 Å². The molecule has 2 aromatic rings. The molecule has 3 amide bonds. The molecule has 0 aliphatic carbocycles. The highest BCUT2D eigenvalue weighted by Crippen LogP contribution is 2.21. The summed E-state index contributed by atoms with van der Waals surface area (Å²) >= 11 is 1.48. The van der Waals surface area contributed by atoms with Crippen molar-refractivity contribution in [1.82, 2.24) is 15.6 Å². The summed E-state index contributed by atoms with van der Waals surface area (Å²) in [4.78, 5) is 38.5. The Morgan fingerprint density at radius 2 is 2.04 bits per heavy atom. The van der Waals surface area contributed by atoms with Crippen molar-refractivity contribution >= 4 is 39.5 Å². The molecule has 128 valence electrons. The number of esters is 1. The standard InChI is InChI=1S/C15H17N3O5S/c1-9(14(20)18-15(21)16-2)23-13(19)8-22-7-12-17-10-5-3-4-6-11(10)24-12/h3-6,9H,7-8H2,1-2H3,(H2,16,18,20,21)/t9-/m1/s1. The summed E-state index contributed by atoms with van der Waals surface area (Å²) in [6.07, 6.45) is -1.10. The normalized spacial score (nSPS) is 11.8. The number of urea groups is 1. The summed E-state index contributed by atoms with van der Waals surface area (Å²) in [7, 11) is 1.37. The van der Waals surface area contributed by atoms with Gasteiger partial charge in [0.25, 0.3) is 5.91 Å². The van der Waals surface area contributed by atoms with Crippen LogP contribution in [0.5, 0.6) is 0 Å². The Morgan fingerprint density at radius 3 is 2.75 bits per heavy atom. The SMILES string of the molecule is CNC(=O)NC(=O)[C@@H](C)OC(=O)COCc1nc2ccccc2s1. The topological polar surface area (TPSA) is 107 Å². The number of imide groups is 1. The van der Waals surface area contributed by atoms with E-state index in [-0.39, 0.29) is 13.2 Å². The van der Waals surface area contributed by atoms with Crippen LogP contribution in [0.1, 0.15) is 11.9 Å². The molecule has 24 heavy (non-hydrogen) atoms. The van der Waals surface area contributed by atoms with Gasteiger partial charge in [-0.1, -0.05) is 12.1 Å². The van der Waals surface area contributed by atoms with Gasteiger partial charge in [-0.25, -0.2) is 14.6 Å². The molecule has 8 nitrogen and oxygen atoms in total. The molecule has 2 rings (SSSR count). The summed E-state index contributed by atoms with van der Waals surface area (Å²) in [5.41, 5.74) is 0.878. The van der Waals surface area contributed by atoms with Gasteiger partial charge in [-0.2, -0.15) is 0 Å². The van der Waals surface area contributed by atoms with Gasteiger partial charge in [-0.05, 0) is 19.1 Å². The van der Waals surface area contributed by atoms with Crippen LogP contribution in [0, 0.1) is 0 Å². The van der Waals surface area contributed by atoms with Gasteiger partial charge in [-0.3, -0.25) is 10.1 Å². The fourth-order valence-corrected chi connectivity index (χ4v) is 2.67. The van der Waals surface area contributed by atoms with E-state index in [1.165, 1.54) is 25.3 Å². The molecule has 0 aliphatic heterocycles. The summed E-state index contributed by atoms with van der Waals surface area (Å²) < 4.78 is 11.2. The molecule has 0 saturated carbocycles. The maximum atomic E-state index is 11.6. The molecule has 0 radical (unpaired) electrons. The van der Waals surface area contributed by atoms with Crippen LogP contribution in [0.25, 0.3) is 10.2 Å². The van der Waals surface area contributed by atoms with Crippen molar-refractivity contribution < 1.29 is 23.9 Å². The van der Waals surface area contributed by atoms with Crippen molar-refractivity contribution in [3.8, 4) is 0 Å². The van der Waals surface area contributed by atoms with Gasteiger partial charge in [0.1, 0.15) is 11.6 Å². The highest BCUT2D eigenvalue weighted by atomic mass is 32.1. The second kappa shape index (κ2) is 8.37. The van der Waals surface area contributed by atoms with Crippen molar-refractivity contribution in [2.75, 3.05) is 13.7 Å². The van der Waals surface area contributed by atoms with Crippen molar-refractivity contribution in [1.29, 1.82) is 0 Å². The van der Waals surface area contributed by atoms with Crippen molar-refractivity contribution in [2.24, 2.45) is 0 Å². The number of para-hydroxylation sites is 1. The van der Waals surface area contributed by atoms with E-state index in [2.05, 4.69) is 10.3 Å². The number of nitrogens with zero attached hydrogens (tertiary/aromatic N) is 1. The molecule has 0 spiro atoms. The summed E-state index contributed by atoms with van der Waals surface area (Å²) in [6, 6.07) is 7.01. The third kappa shape index (κ3) is 5.00. The number of carbonyl (C=O) groups excluding carboxylic acids is 3. The van der Waals surface area contributed by atoms with Gasteiger partial charge >= 0.3 is 12.0 Å². The highest BCUT2D eigenvalue weighted by Gasteiger charge is 2.19. The lowest BCUT2D eigenvalue weighted by atomic mass is 10.3. The molecule has 0 bridgehead atoms. The Labute approximate surface area is 142 Å². The molecule has 2 N–H and O–H groups in total. The number of amides is 3. The van der Waals surface area contributed by atoms with Crippen LogP contribution >= 0.6 is 11.3 Å². The number of nitrogens with one attached hydrogen (secondary N) is 2. The Hall–Kier alpha value is -2.52. The second-order valence-electron chi connectivity index (χ2n) is 4.77. The molecule has 0 fully saturated rings. The largest absolute Gasteiger partial charge is 0.451 e. The minimum absolute atomic E-state index is 0.174. The first kappa shape index (κ1) is 17.8. The van der Waals surface area contributed by atoms with Gasteiger partial charge in [-0.15, -0.1) is 11.3 Å². The molecule has 1 atom stereocenters. The molecule has 0 saturated heterocycles. The number of hydrogen-bond acceptors (Lipinski definition) is 7. The first-order valence-electron chi connectivity index (χ1n) is 7.14. The van der Waals surface area contributed by atoms with Gasteiger partial charge in [0.05, 0.1) is 16.8 Å². The van der Waals surface area contributed by atoms with Crippen LogP contribution in [-0.2, 0) is 25.7 Å².